The van der Waals surface area contributed by atoms with Gasteiger partial charge in [-0.1, -0.05) is 0 Å². The largest absolute Gasteiger partial charge is 0.478 e. The van der Waals surface area contributed by atoms with E-state index in [1.54, 1.807) is 0 Å². The third-order valence-electron chi connectivity index (χ3n) is 0.432. The van der Waals surface area contributed by atoms with E-state index in [2.05, 4.69) is 4.74 Å². The number of hydrogen-bond donors (Lipinski definition) is 1. The van der Waals surface area contributed by atoms with Crippen molar-refractivity contribution in [2.24, 2.45) is 0 Å². The lowest BCUT2D eigenvalue weighted by molar-refractivity contribution is -0.131. The van der Waals surface area contributed by atoms with E-state index in [1.807, 2.05) is 0 Å². The van der Waals surface area contributed by atoms with E-state index in [0.717, 1.165) is 7.11 Å². The number of halogens is 1. The average Bonchev–Trinajstić information content (AvgIpc) is 1.65. The van der Waals surface area contributed by atoms with E-state index in [4.69, 9.17) is 5.11 Å². The van der Waals surface area contributed by atoms with Crippen LogP contribution >= 0.6 is 0 Å². The Morgan fingerprint density at radius 3 is 2.50 bits per heavy atom. The van der Waals surface area contributed by atoms with Gasteiger partial charge < -0.3 is 9.84 Å². The number of hydrogen-bond acceptors (Lipinski definition) is 2. The highest BCUT2D eigenvalue weighted by atomic mass is 19.1. The summed E-state index contributed by atoms with van der Waals surface area (Å²) >= 11 is 0. The fourth-order valence-corrected chi connectivity index (χ4v) is 0.156. The monoisotopic (exact) mass is 120 g/mol. The molecule has 0 bridgehead atoms. The van der Waals surface area contributed by atoms with Crippen molar-refractivity contribution in [1.29, 1.82) is 0 Å². The molecule has 0 aromatic carbocycles. The zero-order valence-electron chi connectivity index (χ0n) is 4.22. The molecule has 0 spiro atoms. The van der Waals surface area contributed by atoms with E-state index < -0.39 is 12.0 Å². The molecule has 8 heavy (non-hydrogen) atoms. The zero-order valence-corrected chi connectivity index (χ0v) is 4.22. The second-order valence-electron chi connectivity index (χ2n) is 0.991. The molecule has 0 rings (SSSR count). The predicted molar refractivity (Wildman–Crippen MR) is 23.8 cm³/mol. The fourth-order valence-electron chi connectivity index (χ4n) is 0.156. The molecule has 0 fully saturated rings. The summed E-state index contributed by atoms with van der Waals surface area (Å²) in [6.45, 7) is 0. The van der Waals surface area contributed by atoms with Gasteiger partial charge in [0, 0.05) is 0 Å². The van der Waals surface area contributed by atoms with Crippen LogP contribution in [0, 0.1) is 0 Å². The van der Waals surface area contributed by atoms with Gasteiger partial charge in [0.2, 0.25) is 0 Å². The van der Waals surface area contributed by atoms with E-state index in [1.165, 1.54) is 0 Å². The third-order valence-corrected chi connectivity index (χ3v) is 0.432. The van der Waals surface area contributed by atoms with Gasteiger partial charge in [-0.05, 0) is 0 Å². The minimum absolute atomic E-state index is 0.333. The first-order chi connectivity index (χ1) is 3.66. The van der Waals surface area contributed by atoms with Crippen molar-refractivity contribution in [2.45, 2.75) is 0 Å². The Hall–Kier alpha value is -1.06. The van der Waals surface area contributed by atoms with Crippen molar-refractivity contribution in [3.63, 3.8) is 0 Å². The normalized spacial score (nSPS) is 11.0. The van der Waals surface area contributed by atoms with Crippen LogP contribution in [0.2, 0.25) is 0 Å². The molecular weight excluding hydrogens is 115 g/mol. The highest BCUT2D eigenvalue weighted by molar-refractivity contribution is 5.79. The number of carboxylic acid groups (broad SMARTS) is 1. The lowest BCUT2D eigenvalue weighted by atomic mass is 10.6. The van der Waals surface area contributed by atoms with Gasteiger partial charge >= 0.3 is 5.97 Å². The molecule has 46 valence electrons. The van der Waals surface area contributed by atoms with Crippen LogP contribution in [0.4, 0.5) is 4.39 Å². The van der Waals surface area contributed by atoms with Gasteiger partial charge in [-0.3, -0.25) is 0 Å². The average molecular weight is 120 g/mol. The number of carboxylic acids is 1. The topological polar surface area (TPSA) is 46.5 Å². The highest BCUT2D eigenvalue weighted by Crippen LogP contribution is 1.93. The predicted octanol–water partition coefficient (Wildman–Crippen LogP) is 0.528. The number of rotatable bonds is 2. The van der Waals surface area contributed by atoms with Gasteiger partial charge in [-0.2, -0.15) is 4.39 Å². The molecule has 0 saturated heterocycles. The van der Waals surface area contributed by atoms with E-state index >= 15 is 0 Å². The van der Waals surface area contributed by atoms with Gasteiger partial charge in [0.1, 0.15) is 0 Å². The molecule has 3 nitrogen and oxygen atoms in total. The second kappa shape index (κ2) is 3.01. The van der Waals surface area contributed by atoms with Crippen molar-refractivity contribution in [1.82, 2.24) is 0 Å². The van der Waals surface area contributed by atoms with Gasteiger partial charge in [-0.25, -0.2) is 4.79 Å². The minimum atomic E-state index is -1.36. The molecule has 0 aliphatic carbocycles. The first-order valence-electron chi connectivity index (χ1n) is 1.81. The quantitative estimate of drug-likeness (QED) is 0.427. The van der Waals surface area contributed by atoms with Crippen molar-refractivity contribution in [3.8, 4) is 0 Å². The maximum atomic E-state index is 11.6. The summed E-state index contributed by atoms with van der Waals surface area (Å²) in [6, 6.07) is -1.10. The molecule has 0 aliphatic rings. The minimum Gasteiger partial charge on any atom is -0.478 e. The molecule has 4 heteroatoms. The standard InChI is InChI=1S/C4H5FO3/c1-8-3(5)2-4(6)7/h2H,1H3,(H,6,7). The Morgan fingerprint density at radius 1 is 1.88 bits per heavy atom. The molecule has 0 radical (unpaired) electrons. The number of carbonyl (C=O) groups is 1. The van der Waals surface area contributed by atoms with Gasteiger partial charge in [-0.15, -0.1) is 0 Å². The summed E-state index contributed by atoms with van der Waals surface area (Å²) in [5, 5.41) is 7.82. The molecule has 0 aliphatic heterocycles. The van der Waals surface area contributed by atoms with Crippen LogP contribution in [0.25, 0.3) is 0 Å². The summed E-state index contributed by atoms with van der Waals surface area (Å²) in [7, 11) is 1.05. The Bertz CT molecular complexity index is 118. The van der Waals surface area contributed by atoms with Crippen LogP contribution in [0.5, 0.6) is 0 Å². The summed E-state index contributed by atoms with van der Waals surface area (Å²) in [5.74, 6) is -1.36. The molecule has 0 amide bonds. The number of methoxy groups -OCH3 is 1. The van der Waals surface area contributed by atoms with Crippen LogP contribution in [0.1, 0.15) is 0 Å². The van der Waals surface area contributed by atoms with E-state index in [0.29, 0.717) is 6.08 Å². The molecule has 0 heterocycles. The van der Waals surface area contributed by atoms with Crippen molar-refractivity contribution >= 4 is 5.97 Å². The SMILES string of the molecule is COC(F)=CC(=O)O. The third kappa shape index (κ3) is 3.14. The van der Waals surface area contributed by atoms with Crippen LogP contribution in [-0.4, -0.2) is 18.2 Å². The maximum Gasteiger partial charge on any atom is 0.334 e. The van der Waals surface area contributed by atoms with Gasteiger partial charge in [0.05, 0.1) is 13.2 Å². The van der Waals surface area contributed by atoms with Crippen LogP contribution in [0.15, 0.2) is 12.1 Å². The maximum absolute atomic E-state index is 11.6. The smallest absolute Gasteiger partial charge is 0.334 e. The number of ether oxygens (including phenoxy) is 1. The lowest BCUT2D eigenvalue weighted by Crippen LogP contribution is -1.89. The zero-order chi connectivity index (χ0) is 6.57. The molecule has 1 N–H and O–H groups in total. The highest BCUT2D eigenvalue weighted by Gasteiger charge is 1.93. The summed E-state index contributed by atoms with van der Waals surface area (Å²) in [4.78, 5) is 9.57. The van der Waals surface area contributed by atoms with Crippen molar-refractivity contribution in [3.05, 3.63) is 12.1 Å². The lowest BCUT2D eigenvalue weighted by Gasteiger charge is -1.87. The Labute approximate surface area is 45.4 Å². The van der Waals surface area contributed by atoms with E-state index in [-0.39, 0.29) is 0 Å². The molecule has 0 unspecified atom stereocenters. The molecule has 0 aromatic heterocycles. The van der Waals surface area contributed by atoms with Crippen LogP contribution in [0.3, 0.4) is 0 Å². The molecule has 0 saturated carbocycles. The molecule has 0 atom stereocenters. The van der Waals surface area contributed by atoms with Gasteiger partial charge in [0.25, 0.3) is 6.01 Å². The summed E-state index contributed by atoms with van der Waals surface area (Å²) in [6.07, 6.45) is 0.333. The van der Waals surface area contributed by atoms with Crippen LogP contribution < -0.4 is 0 Å². The van der Waals surface area contributed by atoms with Crippen molar-refractivity contribution in [2.75, 3.05) is 7.11 Å². The van der Waals surface area contributed by atoms with E-state index in [9.17, 15) is 9.18 Å². The molecular formula is C4H5FO3. The Kier molecular flexibility index (Phi) is 2.61. The first kappa shape index (κ1) is 6.94. The fraction of sp³-hybridized carbons (Fsp3) is 0.250. The number of aliphatic carboxylic acids is 1. The summed E-state index contributed by atoms with van der Waals surface area (Å²) in [5.41, 5.74) is 0. The van der Waals surface area contributed by atoms with Crippen LogP contribution in [-0.2, 0) is 9.53 Å². The van der Waals surface area contributed by atoms with Gasteiger partial charge in [0.15, 0.2) is 0 Å². The molecule has 0 aromatic rings. The van der Waals surface area contributed by atoms with Crippen molar-refractivity contribution < 1.29 is 19.0 Å². The Morgan fingerprint density at radius 2 is 2.38 bits per heavy atom. The summed E-state index contributed by atoms with van der Waals surface area (Å²) < 4.78 is 15.5. The first-order valence-corrected chi connectivity index (χ1v) is 1.81. The Balaban J connectivity index is 3.75. The second-order valence-corrected chi connectivity index (χ2v) is 0.991.